The molecule has 1 aliphatic rings. The smallest absolute Gasteiger partial charge is 0.338 e. The number of hydrogen-bond donors (Lipinski definition) is 0. The maximum absolute atomic E-state index is 12.1. The molecule has 0 saturated heterocycles. The van der Waals surface area contributed by atoms with Crippen LogP contribution in [0.4, 0.5) is 0 Å². The second-order valence-electron chi connectivity index (χ2n) is 6.49. The molecule has 0 amide bonds. The van der Waals surface area contributed by atoms with Crippen molar-refractivity contribution in [3.8, 4) is 0 Å². The highest BCUT2D eigenvalue weighted by Gasteiger charge is 2.19. The summed E-state index contributed by atoms with van der Waals surface area (Å²) < 4.78 is 5.56. The number of esters is 1. The SMILES string of the molecule is CC(C)(C)c1ccc(C(=O)OC2CCCCC2)cc1. The number of carbonyl (C=O) groups is 1. The minimum absolute atomic E-state index is 0.117. The molecule has 0 N–H and O–H groups in total. The Morgan fingerprint density at radius 1 is 1.05 bits per heavy atom. The molecule has 0 bridgehead atoms. The minimum atomic E-state index is -0.174. The molecular weight excluding hydrogens is 236 g/mol. The summed E-state index contributed by atoms with van der Waals surface area (Å²) in [7, 11) is 0. The predicted octanol–water partition coefficient (Wildman–Crippen LogP) is 4.47. The Morgan fingerprint density at radius 2 is 1.63 bits per heavy atom. The third kappa shape index (κ3) is 3.82. The fraction of sp³-hybridized carbons (Fsp3) is 0.588. The lowest BCUT2D eigenvalue weighted by atomic mass is 9.87. The normalized spacial score (nSPS) is 17.2. The number of benzene rings is 1. The first-order valence-corrected chi connectivity index (χ1v) is 7.28. The number of carbonyl (C=O) groups excluding carboxylic acids is 1. The highest BCUT2D eigenvalue weighted by molar-refractivity contribution is 5.89. The van der Waals surface area contributed by atoms with Gasteiger partial charge in [-0.25, -0.2) is 4.79 Å². The molecule has 0 atom stereocenters. The van der Waals surface area contributed by atoms with Crippen LogP contribution in [0.15, 0.2) is 24.3 Å². The summed E-state index contributed by atoms with van der Waals surface area (Å²) in [4.78, 5) is 12.1. The van der Waals surface area contributed by atoms with Crippen LogP contribution in [0, 0.1) is 0 Å². The number of ether oxygens (including phenoxy) is 1. The molecular formula is C17H24O2. The number of rotatable bonds is 2. The Bertz CT molecular complexity index is 420. The summed E-state index contributed by atoms with van der Waals surface area (Å²) in [5, 5.41) is 0. The van der Waals surface area contributed by atoms with Gasteiger partial charge >= 0.3 is 5.97 Å². The van der Waals surface area contributed by atoms with Crippen LogP contribution in [0.25, 0.3) is 0 Å². The van der Waals surface area contributed by atoms with Gasteiger partial charge in [-0.3, -0.25) is 0 Å². The highest BCUT2D eigenvalue weighted by atomic mass is 16.5. The van der Waals surface area contributed by atoms with E-state index in [1.165, 1.54) is 24.8 Å². The molecule has 2 heteroatoms. The fourth-order valence-corrected chi connectivity index (χ4v) is 2.51. The molecule has 104 valence electrons. The van der Waals surface area contributed by atoms with Gasteiger partial charge in [-0.05, 0) is 48.8 Å². The predicted molar refractivity (Wildman–Crippen MR) is 77.4 cm³/mol. The quantitative estimate of drug-likeness (QED) is 0.733. The molecule has 19 heavy (non-hydrogen) atoms. The first kappa shape index (κ1) is 14.1. The lowest BCUT2D eigenvalue weighted by molar-refractivity contribution is 0.0211. The molecule has 1 aromatic rings. The Hall–Kier alpha value is -1.31. The van der Waals surface area contributed by atoms with E-state index in [9.17, 15) is 4.79 Å². The van der Waals surface area contributed by atoms with E-state index in [0.29, 0.717) is 5.56 Å². The molecule has 0 aromatic heterocycles. The van der Waals surface area contributed by atoms with Gasteiger partial charge < -0.3 is 4.74 Å². The first-order chi connectivity index (χ1) is 8.97. The maximum Gasteiger partial charge on any atom is 0.338 e. The molecule has 2 rings (SSSR count). The van der Waals surface area contributed by atoms with E-state index in [1.807, 2.05) is 24.3 Å². The molecule has 1 aliphatic carbocycles. The van der Waals surface area contributed by atoms with Gasteiger partial charge in [-0.15, -0.1) is 0 Å². The van der Waals surface area contributed by atoms with Crippen molar-refractivity contribution < 1.29 is 9.53 Å². The second-order valence-corrected chi connectivity index (χ2v) is 6.49. The Balaban J connectivity index is 1.99. The fourth-order valence-electron chi connectivity index (χ4n) is 2.51. The van der Waals surface area contributed by atoms with Crippen molar-refractivity contribution in [3.05, 3.63) is 35.4 Å². The van der Waals surface area contributed by atoms with E-state index in [4.69, 9.17) is 4.74 Å². The highest BCUT2D eigenvalue weighted by Crippen LogP contribution is 2.24. The molecule has 1 saturated carbocycles. The summed E-state index contributed by atoms with van der Waals surface area (Å²) in [6, 6.07) is 7.81. The van der Waals surface area contributed by atoms with Crippen LogP contribution in [0.3, 0.4) is 0 Å². The Morgan fingerprint density at radius 3 is 2.16 bits per heavy atom. The Kier molecular flexibility index (Phi) is 4.28. The number of hydrogen-bond acceptors (Lipinski definition) is 2. The molecule has 0 unspecified atom stereocenters. The molecule has 2 nitrogen and oxygen atoms in total. The van der Waals surface area contributed by atoms with Crippen molar-refractivity contribution in [3.63, 3.8) is 0 Å². The van der Waals surface area contributed by atoms with E-state index in [0.717, 1.165) is 12.8 Å². The molecule has 0 spiro atoms. The van der Waals surface area contributed by atoms with Crippen molar-refractivity contribution in [1.29, 1.82) is 0 Å². The zero-order chi connectivity index (χ0) is 13.9. The topological polar surface area (TPSA) is 26.3 Å². The zero-order valence-electron chi connectivity index (χ0n) is 12.2. The van der Waals surface area contributed by atoms with E-state index in [-0.39, 0.29) is 17.5 Å². The van der Waals surface area contributed by atoms with E-state index in [1.54, 1.807) is 0 Å². The van der Waals surface area contributed by atoms with Crippen LogP contribution < -0.4 is 0 Å². The molecule has 0 heterocycles. The third-order valence-electron chi connectivity index (χ3n) is 3.81. The van der Waals surface area contributed by atoms with Gasteiger partial charge in [-0.1, -0.05) is 39.3 Å². The summed E-state index contributed by atoms with van der Waals surface area (Å²) in [5.41, 5.74) is 2.02. The van der Waals surface area contributed by atoms with Crippen molar-refractivity contribution in [2.75, 3.05) is 0 Å². The van der Waals surface area contributed by atoms with Crippen LogP contribution in [0.2, 0.25) is 0 Å². The van der Waals surface area contributed by atoms with Crippen molar-refractivity contribution in [2.45, 2.75) is 64.4 Å². The summed E-state index contributed by atoms with van der Waals surface area (Å²) in [5.74, 6) is -0.174. The van der Waals surface area contributed by atoms with Gasteiger partial charge in [0.1, 0.15) is 6.10 Å². The van der Waals surface area contributed by atoms with Gasteiger partial charge in [-0.2, -0.15) is 0 Å². The Labute approximate surface area is 116 Å². The van der Waals surface area contributed by atoms with Gasteiger partial charge in [0.15, 0.2) is 0 Å². The molecule has 0 aliphatic heterocycles. The first-order valence-electron chi connectivity index (χ1n) is 7.28. The maximum atomic E-state index is 12.1. The van der Waals surface area contributed by atoms with Crippen LogP contribution in [-0.2, 0) is 10.2 Å². The lowest BCUT2D eigenvalue weighted by Crippen LogP contribution is -2.21. The second kappa shape index (κ2) is 5.77. The lowest BCUT2D eigenvalue weighted by Gasteiger charge is -2.22. The van der Waals surface area contributed by atoms with Gasteiger partial charge in [0.25, 0.3) is 0 Å². The van der Waals surface area contributed by atoms with Crippen LogP contribution in [0.1, 0.15) is 68.8 Å². The van der Waals surface area contributed by atoms with Crippen LogP contribution >= 0.6 is 0 Å². The van der Waals surface area contributed by atoms with Crippen molar-refractivity contribution >= 4 is 5.97 Å². The van der Waals surface area contributed by atoms with Crippen LogP contribution in [-0.4, -0.2) is 12.1 Å². The van der Waals surface area contributed by atoms with Gasteiger partial charge in [0.05, 0.1) is 5.56 Å². The summed E-state index contributed by atoms with van der Waals surface area (Å²) in [6.07, 6.45) is 5.80. The van der Waals surface area contributed by atoms with E-state index >= 15 is 0 Å². The third-order valence-corrected chi connectivity index (χ3v) is 3.81. The average Bonchev–Trinajstić information content (AvgIpc) is 2.39. The zero-order valence-corrected chi connectivity index (χ0v) is 12.2. The van der Waals surface area contributed by atoms with E-state index < -0.39 is 0 Å². The average molecular weight is 260 g/mol. The minimum Gasteiger partial charge on any atom is -0.459 e. The van der Waals surface area contributed by atoms with Crippen molar-refractivity contribution in [1.82, 2.24) is 0 Å². The summed E-state index contributed by atoms with van der Waals surface area (Å²) in [6.45, 7) is 6.51. The van der Waals surface area contributed by atoms with Gasteiger partial charge in [0, 0.05) is 0 Å². The largest absolute Gasteiger partial charge is 0.459 e. The standard InChI is InChI=1S/C17H24O2/c1-17(2,3)14-11-9-13(10-12-14)16(18)19-15-7-5-4-6-8-15/h9-12,15H,4-8H2,1-3H3. The molecule has 1 aromatic carbocycles. The molecule has 1 fully saturated rings. The summed E-state index contributed by atoms with van der Waals surface area (Å²) >= 11 is 0. The monoisotopic (exact) mass is 260 g/mol. The van der Waals surface area contributed by atoms with E-state index in [2.05, 4.69) is 20.8 Å². The van der Waals surface area contributed by atoms with Gasteiger partial charge in [0.2, 0.25) is 0 Å². The van der Waals surface area contributed by atoms with Crippen LogP contribution in [0.5, 0.6) is 0 Å². The molecule has 0 radical (unpaired) electrons. The van der Waals surface area contributed by atoms with Crippen molar-refractivity contribution in [2.24, 2.45) is 0 Å².